The van der Waals surface area contributed by atoms with Gasteiger partial charge in [0.05, 0.1) is 11.4 Å². The number of alkyl halides is 4. The standard InChI is InChI=1S/C13H12BrF4NO/c14-7-12(20)19-10(5-6-11(19)13(16,17)18)8-1-3-9(15)4-2-8/h1-4,10-11H,5-7H2/t10-,11+/m0/s1. The summed E-state index contributed by atoms with van der Waals surface area (Å²) in [6, 6.07) is 2.79. The van der Waals surface area contributed by atoms with Crippen molar-refractivity contribution in [3.8, 4) is 0 Å². The molecule has 7 heteroatoms. The molecule has 0 bridgehead atoms. The van der Waals surface area contributed by atoms with Gasteiger partial charge in [-0.3, -0.25) is 4.79 Å². The lowest BCUT2D eigenvalue weighted by Crippen LogP contribution is -2.46. The maximum atomic E-state index is 13.0. The molecule has 20 heavy (non-hydrogen) atoms. The van der Waals surface area contributed by atoms with Crippen molar-refractivity contribution in [3.63, 3.8) is 0 Å². The quantitative estimate of drug-likeness (QED) is 0.584. The number of nitrogens with zero attached hydrogens (tertiary/aromatic N) is 1. The van der Waals surface area contributed by atoms with Crippen LogP contribution < -0.4 is 0 Å². The minimum absolute atomic E-state index is 0.135. The minimum Gasteiger partial charge on any atom is -0.323 e. The highest BCUT2D eigenvalue weighted by Crippen LogP contribution is 2.42. The van der Waals surface area contributed by atoms with Crippen LogP contribution in [-0.4, -0.2) is 28.4 Å². The third-order valence-corrected chi connectivity index (χ3v) is 3.90. The van der Waals surface area contributed by atoms with E-state index in [1.807, 2.05) is 0 Å². The second kappa shape index (κ2) is 5.71. The fourth-order valence-corrected chi connectivity index (χ4v) is 2.85. The summed E-state index contributed by atoms with van der Waals surface area (Å²) in [5.41, 5.74) is 0.521. The van der Waals surface area contributed by atoms with Gasteiger partial charge in [0.25, 0.3) is 0 Å². The summed E-state index contributed by atoms with van der Waals surface area (Å²) in [5, 5.41) is -0.169. The molecule has 1 aromatic carbocycles. The van der Waals surface area contributed by atoms with E-state index in [9.17, 15) is 22.4 Å². The van der Waals surface area contributed by atoms with Crippen molar-refractivity contribution in [3.05, 3.63) is 35.6 Å². The van der Waals surface area contributed by atoms with Crippen molar-refractivity contribution in [1.29, 1.82) is 0 Å². The number of hydrogen-bond acceptors (Lipinski definition) is 1. The zero-order chi connectivity index (χ0) is 14.9. The molecular weight excluding hydrogens is 342 g/mol. The van der Waals surface area contributed by atoms with E-state index >= 15 is 0 Å². The van der Waals surface area contributed by atoms with Gasteiger partial charge in [-0.1, -0.05) is 28.1 Å². The number of amides is 1. The molecule has 1 heterocycles. The molecule has 0 spiro atoms. The van der Waals surface area contributed by atoms with E-state index in [-0.39, 0.29) is 18.2 Å². The lowest BCUT2D eigenvalue weighted by atomic mass is 10.0. The zero-order valence-electron chi connectivity index (χ0n) is 10.3. The summed E-state index contributed by atoms with van der Waals surface area (Å²) in [5.74, 6) is -1.07. The van der Waals surface area contributed by atoms with E-state index in [1.165, 1.54) is 24.3 Å². The smallest absolute Gasteiger partial charge is 0.323 e. The number of benzene rings is 1. The van der Waals surface area contributed by atoms with Gasteiger partial charge in [-0.15, -0.1) is 0 Å². The van der Waals surface area contributed by atoms with Gasteiger partial charge >= 0.3 is 6.18 Å². The molecule has 2 rings (SSSR count). The maximum absolute atomic E-state index is 13.0. The summed E-state index contributed by atoms with van der Waals surface area (Å²) in [4.78, 5) is 12.7. The van der Waals surface area contributed by atoms with Crippen LogP contribution in [0.1, 0.15) is 24.4 Å². The highest BCUT2D eigenvalue weighted by atomic mass is 79.9. The molecule has 110 valence electrons. The molecule has 0 unspecified atom stereocenters. The van der Waals surface area contributed by atoms with Gasteiger partial charge in [0.1, 0.15) is 11.9 Å². The molecule has 1 aliphatic heterocycles. The Morgan fingerprint density at radius 1 is 1.25 bits per heavy atom. The fourth-order valence-electron chi connectivity index (χ4n) is 2.56. The summed E-state index contributed by atoms with van der Waals surface area (Å²) < 4.78 is 51.9. The van der Waals surface area contributed by atoms with Crippen LogP contribution in [-0.2, 0) is 4.79 Å². The first-order valence-corrected chi connectivity index (χ1v) is 7.16. The monoisotopic (exact) mass is 353 g/mol. The first-order chi connectivity index (χ1) is 9.34. The van der Waals surface area contributed by atoms with Crippen LogP contribution in [0.15, 0.2) is 24.3 Å². The Labute approximate surface area is 121 Å². The molecular formula is C13H12BrF4NO. The number of rotatable bonds is 2. The van der Waals surface area contributed by atoms with Crippen LogP contribution in [0, 0.1) is 5.82 Å². The van der Waals surface area contributed by atoms with Crippen LogP contribution in [0.5, 0.6) is 0 Å². The Kier molecular flexibility index (Phi) is 4.36. The Morgan fingerprint density at radius 2 is 1.85 bits per heavy atom. The lowest BCUT2D eigenvalue weighted by molar-refractivity contribution is -0.185. The Bertz CT molecular complexity index is 488. The summed E-state index contributed by atoms with van der Waals surface area (Å²) >= 11 is 2.91. The molecule has 2 nitrogen and oxygen atoms in total. The van der Waals surface area contributed by atoms with Crippen LogP contribution in [0.3, 0.4) is 0 Å². The average Bonchev–Trinajstić information content (AvgIpc) is 2.83. The predicted molar refractivity (Wildman–Crippen MR) is 68.9 cm³/mol. The molecule has 0 aromatic heterocycles. The van der Waals surface area contributed by atoms with Crippen molar-refractivity contribution < 1.29 is 22.4 Å². The number of likely N-dealkylation sites (tertiary alicyclic amines) is 1. The minimum atomic E-state index is -4.45. The second-order valence-electron chi connectivity index (χ2n) is 4.64. The van der Waals surface area contributed by atoms with Gasteiger partial charge in [0.2, 0.25) is 5.91 Å². The average molecular weight is 354 g/mol. The highest BCUT2D eigenvalue weighted by Gasteiger charge is 2.51. The van der Waals surface area contributed by atoms with E-state index in [0.717, 1.165) is 4.90 Å². The van der Waals surface area contributed by atoms with E-state index in [1.54, 1.807) is 0 Å². The van der Waals surface area contributed by atoms with Crippen LogP contribution in [0.4, 0.5) is 17.6 Å². The summed E-state index contributed by atoms with van der Waals surface area (Å²) in [6.07, 6.45) is -4.37. The van der Waals surface area contributed by atoms with Crippen molar-refractivity contribution in [2.75, 3.05) is 5.33 Å². The maximum Gasteiger partial charge on any atom is 0.408 e. The highest BCUT2D eigenvalue weighted by molar-refractivity contribution is 9.09. The van der Waals surface area contributed by atoms with E-state index in [0.29, 0.717) is 5.56 Å². The van der Waals surface area contributed by atoms with Crippen molar-refractivity contribution in [2.45, 2.75) is 31.1 Å². The number of hydrogen-bond donors (Lipinski definition) is 0. The van der Waals surface area contributed by atoms with E-state index in [4.69, 9.17) is 0 Å². The van der Waals surface area contributed by atoms with Crippen LogP contribution in [0.2, 0.25) is 0 Å². The molecule has 1 aromatic rings. The van der Waals surface area contributed by atoms with Gasteiger partial charge < -0.3 is 4.90 Å². The molecule has 0 radical (unpaired) electrons. The Balaban J connectivity index is 2.33. The molecule has 2 atom stereocenters. The summed E-state index contributed by atoms with van der Waals surface area (Å²) in [6.45, 7) is 0. The number of carbonyl (C=O) groups excluding carboxylic acids is 1. The molecule has 0 aliphatic carbocycles. The molecule has 0 N–H and O–H groups in total. The second-order valence-corrected chi connectivity index (χ2v) is 5.20. The molecule has 1 amide bonds. The normalized spacial score (nSPS) is 23.1. The van der Waals surface area contributed by atoms with Gasteiger partial charge in [0.15, 0.2) is 0 Å². The number of halogens is 5. The molecule has 1 aliphatic rings. The topological polar surface area (TPSA) is 20.3 Å². The van der Waals surface area contributed by atoms with Gasteiger partial charge in [-0.05, 0) is 30.5 Å². The predicted octanol–water partition coefficient (Wildman–Crippen LogP) is 3.82. The van der Waals surface area contributed by atoms with Crippen LogP contribution in [0.25, 0.3) is 0 Å². The van der Waals surface area contributed by atoms with E-state index in [2.05, 4.69) is 15.9 Å². The first kappa shape index (κ1) is 15.3. The molecule has 0 saturated carbocycles. The third kappa shape index (κ3) is 2.97. The third-order valence-electron chi connectivity index (χ3n) is 3.42. The van der Waals surface area contributed by atoms with Crippen molar-refractivity contribution >= 4 is 21.8 Å². The van der Waals surface area contributed by atoms with Gasteiger partial charge in [-0.25, -0.2) is 4.39 Å². The van der Waals surface area contributed by atoms with Crippen molar-refractivity contribution in [1.82, 2.24) is 4.90 Å². The Morgan fingerprint density at radius 3 is 2.35 bits per heavy atom. The fraction of sp³-hybridized carbons (Fsp3) is 0.462. The van der Waals surface area contributed by atoms with E-state index < -0.39 is 30.0 Å². The van der Waals surface area contributed by atoms with Crippen molar-refractivity contribution in [2.24, 2.45) is 0 Å². The first-order valence-electron chi connectivity index (χ1n) is 6.04. The lowest BCUT2D eigenvalue weighted by Gasteiger charge is -2.31. The van der Waals surface area contributed by atoms with Gasteiger partial charge in [-0.2, -0.15) is 13.2 Å². The zero-order valence-corrected chi connectivity index (χ0v) is 11.9. The number of carbonyl (C=O) groups is 1. The SMILES string of the molecule is O=C(CBr)N1[C@H](c2ccc(F)cc2)CC[C@@H]1C(F)(F)F. The largest absolute Gasteiger partial charge is 0.408 e. The van der Waals surface area contributed by atoms with Crippen LogP contribution >= 0.6 is 15.9 Å². The molecule has 1 saturated heterocycles. The van der Waals surface area contributed by atoms with Gasteiger partial charge in [0, 0.05) is 0 Å². The summed E-state index contributed by atoms with van der Waals surface area (Å²) in [7, 11) is 0. The molecule has 1 fully saturated rings. The Hall–Kier alpha value is -1.11.